The predicted octanol–water partition coefficient (Wildman–Crippen LogP) is 5.86. The molecule has 29 heavy (non-hydrogen) atoms. The van der Waals surface area contributed by atoms with Crippen LogP contribution >= 0.6 is 0 Å². The number of hydrogen-bond donors (Lipinski definition) is 0. The molecule has 1 unspecified atom stereocenters. The Labute approximate surface area is 170 Å². The van der Waals surface area contributed by atoms with Gasteiger partial charge in [-0.1, -0.05) is 48.5 Å². The van der Waals surface area contributed by atoms with Gasteiger partial charge in [0.05, 0.1) is 7.11 Å². The number of aryl methyl sites for hydroxylation is 2. The Hall–Kier alpha value is -3.46. The maximum Gasteiger partial charge on any atom is 0.119 e. The van der Waals surface area contributed by atoms with Gasteiger partial charge in [-0.3, -0.25) is 0 Å². The number of fused-ring (bicyclic) bond motifs is 2. The lowest BCUT2D eigenvalue weighted by Crippen LogP contribution is -2.02. The summed E-state index contributed by atoms with van der Waals surface area (Å²) in [5, 5.41) is 2.53. The molecule has 0 aliphatic rings. The number of rotatable bonds is 4. The van der Waals surface area contributed by atoms with E-state index in [0.29, 0.717) is 0 Å². The highest BCUT2D eigenvalue weighted by Crippen LogP contribution is 2.41. The molecule has 0 N–H and O–H groups in total. The van der Waals surface area contributed by atoms with E-state index in [1.807, 2.05) is 6.07 Å². The summed E-state index contributed by atoms with van der Waals surface area (Å²) >= 11 is 0. The molecule has 2 aromatic heterocycles. The van der Waals surface area contributed by atoms with Crippen LogP contribution in [0.1, 0.15) is 22.6 Å². The quantitative estimate of drug-likeness (QED) is 0.382. The van der Waals surface area contributed by atoms with E-state index in [-0.39, 0.29) is 5.92 Å². The normalized spacial score (nSPS) is 12.5. The summed E-state index contributed by atoms with van der Waals surface area (Å²) in [5.41, 5.74) is 6.37. The second-order valence-corrected chi connectivity index (χ2v) is 7.63. The fraction of sp³-hybridized carbons (Fsp3) is 0.154. The molecule has 0 spiro atoms. The molecule has 0 saturated heterocycles. The molecule has 144 valence electrons. The molecule has 0 bridgehead atoms. The summed E-state index contributed by atoms with van der Waals surface area (Å²) in [7, 11) is 5.96. The number of hydrogen-bond acceptors (Lipinski definition) is 1. The number of methoxy groups -OCH3 is 1. The molecule has 0 saturated carbocycles. The Morgan fingerprint density at radius 2 is 1.31 bits per heavy atom. The van der Waals surface area contributed by atoms with Gasteiger partial charge in [0, 0.05) is 54.2 Å². The van der Waals surface area contributed by atoms with Gasteiger partial charge in [-0.05, 0) is 41.0 Å². The second-order valence-electron chi connectivity index (χ2n) is 7.63. The highest BCUT2D eigenvalue weighted by atomic mass is 16.5. The molecule has 5 rings (SSSR count). The summed E-state index contributed by atoms with van der Waals surface area (Å²) in [5.74, 6) is 1.02. The van der Waals surface area contributed by atoms with Crippen LogP contribution in [0.5, 0.6) is 5.75 Å². The molecule has 0 fully saturated rings. The van der Waals surface area contributed by atoms with Crippen molar-refractivity contribution < 1.29 is 4.74 Å². The number of para-hydroxylation sites is 1. The van der Waals surface area contributed by atoms with Crippen LogP contribution in [0, 0.1) is 0 Å². The standard InChI is InChI=1S/C26H24N2O/c1-27-16-22(20-11-7-8-12-24(20)27)26(18-9-5-4-6-10-18)23-17-28(2)25-14-13-19(29-3)15-21(23)25/h4-17,26H,1-3H3. The SMILES string of the molecule is COc1ccc2c(c1)c(C(c1ccccc1)c1cn(C)c3ccccc13)cn2C. The molecule has 3 aromatic carbocycles. The molecular weight excluding hydrogens is 356 g/mol. The molecule has 1 atom stereocenters. The number of ether oxygens (including phenoxy) is 1. The van der Waals surface area contributed by atoms with Gasteiger partial charge in [-0.2, -0.15) is 0 Å². The maximum absolute atomic E-state index is 5.54. The summed E-state index contributed by atoms with van der Waals surface area (Å²) in [6.07, 6.45) is 4.55. The van der Waals surface area contributed by atoms with Gasteiger partial charge in [-0.15, -0.1) is 0 Å². The summed E-state index contributed by atoms with van der Waals surface area (Å²) in [4.78, 5) is 0. The largest absolute Gasteiger partial charge is 0.497 e. The van der Waals surface area contributed by atoms with Crippen molar-refractivity contribution in [2.45, 2.75) is 5.92 Å². The first-order valence-electron chi connectivity index (χ1n) is 9.89. The van der Waals surface area contributed by atoms with E-state index >= 15 is 0 Å². The third-order valence-electron chi connectivity index (χ3n) is 5.91. The zero-order valence-electron chi connectivity index (χ0n) is 17.0. The minimum absolute atomic E-state index is 0.137. The lowest BCUT2D eigenvalue weighted by molar-refractivity contribution is 0.415. The van der Waals surface area contributed by atoms with Crippen molar-refractivity contribution in [3.63, 3.8) is 0 Å². The van der Waals surface area contributed by atoms with Crippen LogP contribution in [-0.2, 0) is 14.1 Å². The van der Waals surface area contributed by atoms with Gasteiger partial charge < -0.3 is 13.9 Å². The van der Waals surface area contributed by atoms with Crippen molar-refractivity contribution in [1.29, 1.82) is 0 Å². The van der Waals surface area contributed by atoms with Gasteiger partial charge in [0.1, 0.15) is 5.75 Å². The fourth-order valence-corrected chi connectivity index (χ4v) is 4.53. The van der Waals surface area contributed by atoms with Crippen molar-refractivity contribution in [3.8, 4) is 5.75 Å². The van der Waals surface area contributed by atoms with Gasteiger partial charge >= 0.3 is 0 Å². The topological polar surface area (TPSA) is 19.1 Å². The van der Waals surface area contributed by atoms with Gasteiger partial charge in [0.2, 0.25) is 0 Å². The van der Waals surface area contributed by atoms with Crippen molar-refractivity contribution in [2.24, 2.45) is 14.1 Å². The van der Waals surface area contributed by atoms with Gasteiger partial charge in [-0.25, -0.2) is 0 Å². The minimum atomic E-state index is 0.137. The van der Waals surface area contributed by atoms with Crippen LogP contribution in [0.3, 0.4) is 0 Å². The van der Waals surface area contributed by atoms with Crippen LogP contribution in [0.2, 0.25) is 0 Å². The third kappa shape index (κ3) is 2.82. The van der Waals surface area contributed by atoms with Crippen LogP contribution in [0.4, 0.5) is 0 Å². The van der Waals surface area contributed by atoms with E-state index in [4.69, 9.17) is 4.74 Å². The molecule has 0 radical (unpaired) electrons. The second kappa shape index (κ2) is 6.85. The number of nitrogens with zero attached hydrogens (tertiary/aromatic N) is 2. The van der Waals surface area contributed by atoms with Crippen LogP contribution < -0.4 is 4.74 Å². The van der Waals surface area contributed by atoms with E-state index in [1.165, 1.54) is 38.5 Å². The average Bonchev–Trinajstić information content (AvgIpc) is 3.26. The molecule has 3 heteroatoms. The van der Waals surface area contributed by atoms with Crippen LogP contribution in [-0.4, -0.2) is 16.2 Å². The summed E-state index contributed by atoms with van der Waals surface area (Å²) in [6, 6.07) is 25.8. The number of aromatic nitrogens is 2. The van der Waals surface area contributed by atoms with E-state index < -0.39 is 0 Å². The molecule has 3 nitrogen and oxygen atoms in total. The number of benzene rings is 3. The Kier molecular flexibility index (Phi) is 4.17. The molecule has 2 heterocycles. The molecule has 0 aliphatic heterocycles. The predicted molar refractivity (Wildman–Crippen MR) is 120 cm³/mol. The Morgan fingerprint density at radius 3 is 2.03 bits per heavy atom. The maximum atomic E-state index is 5.54. The van der Waals surface area contributed by atoms with Gasteiger partial charge in [0.15, 0.2) is 0 Å². The first-order chi connectivity index (χ1) is 14.2. The molecule has 0 aliphatic carbocycles. The highest BCUT2D eigenvalue weighted by Gasteiger charge is 2.24. The average molecular weight is 380 g/mol. The minimum Gasteiger partial charge on any atom is -0.497 e. The summed E-state index contributed by atoms with van der Waals surface area (Å²) in [6.45, 7) is 0. The Bertz CT molecular complexity index is 1310. The Balaban J connectivity index is 1.84. The monoisotopic (exact) mass is 380 g/mol. The molecule has 0 amide bonds. The fourth-order valence-electron chi connectivity index (χ4n) is 4.53. The zero-order chi connectivity index (χ0) is 20.0. The lowest BCUT2D eigenvalue weighted by atomic mass is 9.85. The van der Waals surface area contributed by atoms with Crippen molar-refractivity contribution >= 4 is 21.8 Å². The smallest absolute Gasteiger partial charge is 0.119 e. The van der Waals surface area contributed by atoms with Crippen LogP contribution in [0.25, 0.3) is 21.8 Å². The highest BCUT2D eigenvalue weighted by molar-refractivity contribution is 5.90. The first kappa shape index (κ1) is 17.6. The third-order valence-corrected chi connectivity index (χ3v) is 5.91. The van der Waals surface area contributed by atoms with Crippen LogP contribution in [0.15, 0.2) is 85.2 Å². The van der Waals surface area contributed by atoms with E-state index in [9.17, 15) is 0 Å². The lowest BCUT2D eigenvalue weighted by Gasteiger charge is -2.17. The molecule has 5 aromatic rings. The zero-order valence-corrected chi connectivity index (χ0v) is 17.0. The van der Waals surface area contributed by atoms with Crippen molar-refractivity contribution in [2.75, 3.05) is 7.11 Å². The van der Waals surface area contributed by atoms with E-state index in [1.54, 1.807) is 7.11 Å². The van der Waals surface area contributed by atoms with Crippen molar-refractivity contribution in [1.82, 2.24) is 9.13 Å². The summed E-state index contributed by atoms with van der Waals surface area (Å²) < 4.78 is 9.98. The first-order valence-corrected chi connectivity index (χ1v) is 9.89. The van der Waals surface area contributed by atoms with E-state index in [2.05, 4.69) is 102 Å². The van der Waals surface area contributed by atoms with E-state index in [0.717, 1.165) is 5.75 Å². The van der Waals surface area contributed by atoms with Gasteiger partial charge in [0.25, 0.3) is 0 Å². The molecular formula is C26H24N2O. The van der Waals surface area contributed by atoms with Crippen molar-refractivity contribution in [3.05, 3.63) is 102 Å². The Morgan fingerprint density at radius 1 is 0.690 bits per heavy atom.